The molecule has 3 unspecified atom stereocenters. The molecular formula is C20H29NO. The molecule has 0 spiro atoms. The Balaban J connectivity index is 1.67. The molecule has 3 rings (SSSR count). The zero-order chi connectivity index (χ0) is 16.1. The third-order valence-electron chi connectivity index (χ3n) is 7.07. The second-order valence-electron chi connectivity index (χ2n) is 8.33. The van der Waals surface area contributed by atoms with Crippen molar-refractivity contribution in [2.45, 2.75) is 66.3 Å². The van der Waals surface area contributed by atoms with Crippen molar-refractivity contribution in [2.24, 2.45) is 16.7 Å². The molecule has 0 saturated heterocycles. The number of carbonyl (C=O) groups is 1. The summed E-state index contributed by atoms with van der Waals surface area (Å²) in [4.78, 5) is 12.5. The Kier molecular flexibility index (Phi) is 3.62. The topological polar surface area (TPSA) is 29.1 Å². The van der Waals surface area contributed by atoms with Crippen LogP contribution in [0.15, 0.2) is 18.2 Å². The summed E-state index contributed by atoms with van der Waals surface area (Å²) in [5.74, 6) is 0.947. The van der Waals surface area contributed by atoms with E-state index in [0.29, 0.717) is 17.9 Å². The molecule has 2 bridgehead atoms. The van der Waals surface area contributed by atoms with E-state index in [1.54, 1.807) is 0 Å². The molecule has 1 aromatic carbocycles. The number of hydrogen-bond donors (Lipinski definition) is 1. The Labute approximate surface area is 134 Å². The van der Waals surface area contributed by atoms with Crippen LogP contribution in [0, 0.1) is 30.6 Å². The highest BCUT2D eigenvalue weighted by Crippen LogP contribution is 2.65. The summed E-state index contributed by atoms with van der Waals surface area (Å²) in [6, 6.07) is 6.68. The van der Waals surface area contributed by atoms with Gasteiger partial charge in [0.1, 0.15) is 0 Å². The summed E-state index contributed by atoms with van der Waals surface area (Å²) < 4.78 is 0. The second kappa shape index (κ2) is 5.11. The van der Waals surface area contributed by atoms with Crippen LogP contribution in [0.2, 0.25) is 0 Å². The zero-order valence-electron chi connectivity index (χ0n) is 14.6. The van der Waals surface area contributed by atoms with E-state index < -0.39 is 0 Å². The summed E-state index contributed by atoms with van der Waals surface area (Å²) in [6.07, 6.45) is 4.23. The highest BCUT2D eigenvalue weighted by Gasteiger charge is 2.61. The van der Waals surface area contributed by atoms with E-state index in [1.807, 2.05) is 0 Å². The molecular weight excluding hydrogens is 270 g/mol. The van der Waals surface area contributed by atoms with Crippen molar-refractivity contribution in [3.63, 3.8) is 0 Å². The minimum atomic E-state index is 0.179. The van der Waals surface area contributed by atoms with Crippen molar-refractivity contribution in [2.75, 3.05) is 0 Å². The molecule has 0 aromatic heterocycles. The molecule has 2 aliphatic carbocycles. The number of amides is 1. The molecule has 2 heteroatoms. The summed E-state index contributed by atoms with van der Waals surface area (Å²) in [5, 5.41) is 3.35. The Hall–Kier alpha value is -1.31. The molecule has 2 saturated carbocycles. The maximum absolute atomic E-state index is 12.5. The molecule has 120 valence electrons. The number of rotatable bonds is 3. The molecule has 0 heterocycles. The third-order valence-corrected chi connectivity index (χ3v) is 7.07. The molecule has 1 N–H and O–H groups in total. The molecule has 1 aromatic rings. The molecule has 0 radical (unpaired) electrons. The monoisotopic (exact) mass is 299 g/mol. The van der Waals surface area contributed by atoms with Gasteiger partial charge in [0.15, 0.2) is 0 Å². The number of hydrogen-bond acceptors (Lipinski definition) is 1. The predicted octanol–water partition coefficient (Wildman–Crippen LogP) is 4.18. The van der Waals surface area contributed by atoms with Crippen LogP contribution in [0.3, 0.4) is 0 Å². The number of carbonyl (C=O) groups excluding carboxylic acids is 1. The fraction of sp³-hybridized carbons (Fsp3) is 0.650. The molecule has 1 amide bonds. The number of aryl methyl sites for hydroxylation is 2. The Bertz CT molecular complexity index is 604. The van der Waals surface area contributed by atoms with Gasteiger partial charge in [-0.1, -0.05) is 39.0 Å². The highest BCUT2D eigenvalue weighted by atomic mass is 16.1. The lowest BCUT2D eigenvalue weighted by Gasteiger charge is -2.39. The minimum absolute atomic E-state index is 0.179. The Morgan fingerprint density at radius 3 is 2.50 bits per heavy atom. The van der Waals surface area contributed by atoms with E-state index in [0.717, 1.165) is 17.9 Å². The summed E-state index contributed by atoms with van der Waals surface area (Å²) in [6.45, 7) is 11.4. The Morgan fingerprint density at radius 1 is 1.23 bits per heavy atom. The number of nitrogens with one attached hydrogen (secondary N) is 1. The van der Waals surface area contributed by atoms with Gasteiger partial charge < -0.3 is 5.32 Å². The lowest BCUT2D eigenvalue weighted by atomic mass is 9.69. The number of fused-ring (bicyclic) bond motifs is 2. The quantitative estimate of drug-likeness (QED) is 0.891. The zero-order valence-corrected chi connectivity index (χ0v) is 14.6. The van der Waals surface area contributed by atoms with Crippen molar-refractivity contribution >= 4 is 5.91 Å². The first-order chi connectivity index (χ1) is 10.2. The van der Waals surface area contributed by atoms with E-state index in [2.05, 4.69) is 58.1 Å². The first-order valence-corrected chi connectivity index (χ1v) is 8.59. The van der Waals surface area contributed by atoms with E-state index in [4.69, 9.17) is 0 Å². The van der Waals surface area contributed by atoms with Gasteiger partial charge in [0.25, 0.3) is 0 Å². The fourth-order valence-electron chi connectivity index (χ4n) is 4.77. The van der Waals surface area contributed by atoms with Gasteiger partial charge in [0, 0.05) is 6.04 Å². The van der Waals surface area contributed by atoms with Crippen molar-refractivity contribution in [3.05, 3.63) is 34.9 Å². The van der Waals surface area contributed by atoms with Gasteiger partial charge >= 0.3 is 0 Å². The maximum Gasteiger partial charge on any atom is 0.224 e. The minimum Gasteiger partial charge on any atom is -0.353 e. The molecule has 2 fully saturated rings. The van der Waals surface area contributed by atoms with Crippen LogP contribution in [0.25, 0.3) is 0 Å². The van der Waals surface area contributed by atoms with Crippen LogP contribution in [-0.4, -0.2) is 11.9 Å². The summed E-state index contributed by atoms with van der Waals surface area (Å²) in [7, 11) is 0. The van der Waals surface area contributed by atoms with Crippen LogP contribution in [-0.2, 0) is 11.2 Å². The van der Waals surface area contributed by atoms with Crippen LogP contribution in [0.4, 0.5) is 0 Å². The fourth-order valence-corrected chi connectivity index (χ4v) is 4.77. The van der Waals surface area contributed by atoms with Crippen LogP contribution >= 0.6 is 0 Å². The lowest BCUT2D eigenvalue weighted by Crippen LogP contribution is -2.47. The smallest absolute Gasteiger partial charge is 0.224 e. The van der Waals surface area contributed by atoms with Gasteiger partial charge in [-0.15, -0.1) is 0 Å². The predicted molar refractivity (Wildman–Crippen MR) is 90.8 cm³/mol. The van der Waals surface area contributed by atoms with Crippen LogP contribution in [0.1, 0.15) is 56.7 Å². The SMILES string of the molecule is Cc1ccc(CC(=O)NC2CC3CCC2(C)C3(C)C)cc1C. The Morgan fingerprint density at radius 2 is 1.95 bits per heavy atom. The van der Waals surface area contributed by atoms with Gasteiger partial charge in [-0.3, -0.25) is 4.79 Å². The average molecular weight is 299 g/mol. The van der Waals surface area contributed by atoms with Gasteiger partial charge in [-0.2, -0.15) is 0 Å². The van der Waals surface area contributed by atoms with Gasteiger partial charge in [0.05, 0.1) is 6.42 Å². The van der Waals surface area contributed by atoms with E-state index in [-0.39, 0.29) is 11.3 Å². The summed E-state index contributed by atoms with van der Waals surface area (Å²) >= 11 is 0. The number of benzene rings is 1. The molecule has 3 atom stereocenters. The van der Waals surface area contributed by atoms with Crippen molar-refractivity contribution in [3.8, 4) is 0 Å². The average Bonchev–Trinajstić information content (AvgIpc) is 2.76. The van der Waals surface area contributed by atoms with E-state index >= 15 is 0 Å². The largest absolute Gasteiger partial charge is 0.353 e. The second-order valence-corrected chi connectivity index (χ2v) is 8.33. The highest BCUT2D eigenvalue weighted by molar-refractivity contribution is 5.79. The lowest BCUT2D eigenvalue weighted by molar-refractivity contribution is -0.122. The van der Waals surface area contributed by atoms with Crippen molar-refractivity contribution < 1.29 is 4.79 Å². The van der Waals surface area contributed by atoms with Crippen LogP contribution in [0.5, 0.6) is 0 Å². The van der Waals surface area contributed by atoms with Crippen molar-refractivity contribution in [1.29, 1.82) is 0 Å². The molecule has 0 aliphatic heterocycles. The first kappa shape index (κ1) is 15.6. The normalized spacial score (nSPS) is 32.2. The van der Waals surface area contributed by atoms with Crippen molar-refractivity contribution in [1.82, 2.24) is 5.32 Å². The third kappa shape index (κ3) is 2.28. The van der Waals surface area contributed by atoms with E-state index in [1.165, 1.54) is 24.0 Å². The van der Waals surface area contributed by atoms with Gasteiger partial charge in [-0.25, -0.2) is 0 Å². The van der Waals surface area contributed by atoms with Crippen LogP contribution < -0.4 is 5.32 Å². The molecule has 22 heavy (non-hydrogen) atoms. The summed E-state index contributed by atoms with van der Waals surface area (Å²) in [5.41, 5.74) is 4.28. The standard InChI is InChI=1S/C20H29NO/c1-13-6-7-15(10-14(13)2)11-18(22)21-17-12-16-8-9-20(17,5)19(16,3)4/h6-7,10,16-17H,8-9,11-12H2,1-5H3,(H,21,22). The van der Waals surface area contributed by atoms with Gasteiger partial charge in [-0.05, 0) is 66.5 Å². The molecule has 2 aliphatic rings. The maximum atomic E-state index is 12.5. The van der Waals surface area contributed by atoms with Gasteiger partial charge in [0.2, 0.25) is 5.91 Å². The van der Waals surface area contributed by atoms with E-state index in [9.17, 15) is 4.79 Å². The molecule has 2 nitrogen and oxygen atoms in total. The first-order valence-electron chi connectivity index (χ1n) is 8.59.